The summed E-state index contributed by atoms with van der Waals surface area (Å²) >= 11 is 0. The van der Waals surface area contributed by atoms with Crippen molar-refractivity contribution < 1.29 is 14.6 Å². The summed E-state index contributed by atoms with van der Waals surface area (Å²) in [6.45, 7) is 8.70. The Morgan fingerprint density at radius 1 is 1.19 bits per heavy atom. The fourth-order valence-electron chi connectivity index (χ4n) is 4.44. The molecule has 0 bridgehead atoms. The van der Waals surface area contributed by atoms with Gasteiger partial charge in [-0.1, -0.05) is 26.7 Å². The summed E-state index contributed by atoms with van der Waals surface area (Å²) in [5, 5.41) is 10.5. The van der Waals surface area contributed by atoms with Gasteiger partial charge in [0.15, 0.2) is 6.29 Å². The van der Waals surface area contributed by atoms with Crippen molar-refractivity contribution in [2.24, 2.45) is 0 Å². The van der Waals surface area contributed by atoms with Gasteiger partial charge in [-0.2, -0.15) is 0 Å². The molecular weight excluding hydrogens is 326 g/mol. The minimum atomic E-state index is 0.00513. The Hall–Kier alpha value is -2.36. The van der Waals surface area contributed by atoms with Crippen LogP contribution in [0.5, 0.6) is 11.5 Å². The highest BCUT2D eigenvalue weighted by Crippen LogP contribution is 2.52. The normalized spacial score (nSPS) is 16.6. The largest absolute Gasteiger partial charge is 0.506 e. The number of carbonyl (C=O) groups excluding carboxylic acids is 1. The smallest absolute Gasteiger partial charge is 0.153 e. The number of aromatic hydroxyl groups is 1. The molecule has 4 heteroatoms. The van der Waals surface area contributed by atoms with Crippen LogP contribution in [0.15, 0.2) is 18.3 Å². The predicted molar refractivity (Wildman–Crippen MR) is 103 cm³/mol. The van der Waals surface area contributed by atoms with Crippen molar-refractivity contribution in [1.82, 2.24) is 4.98 Å². The van der Waals surface area contributed by atoms with Crippen molar-refractivity contribution in [1.29, 1.82) is 0 Å². The number of benzene rings is 1. The average molecular weight is 353 g/mol. The number of aryl methyl sites for hydroxylation is 1. The summed E-state index contributed by atoms with van der Waals surface area (Å²) in [7, 11) is 0. The third kappa shape index (κ3) is 2.77. The molecule has 4 rings (SSSR count). The Kier molecular flexibility index (Phi) is 5.03. The minimum Gasteiger partial charge on any atom is -0.506 e. The fraction of sp³-hybridized carbons (Fsp3) is 0.455. The van der Waals surface area contributed by atoms with Gasteiger partial charge in [0.25, 0.3) is 0 Å². The number of nitrogens with zero attached hydrogens (tertiary/aromatic N) is 1. The summed E-state index contributed by atoms with van der Waals surface area (Å²) in [5.74, 6) is 0.881. The van der Waals surface area contributed by atoms with Gasteiger partial charge in [-0.15, -0.1) is 0 Å². The molecule has 26 heavy (non-hydrogen) atoms. The van der Waals surface area contributed by atoms with Crippen LogP contribution in [0.2, 0.25) is 0 Å². The van der Waals surface area contributed by atoms with Crippen molar-refractivity contribution >= 4 is 6.29 Å². The standard InChI is InChI=1S/C20H21NO3.C2H6/c1-12-7-14(10-22)19(23)15(8-12)18-13(2)17-16(9-21-18)24-11-20(17)5-3-4-6-20;1-2/h7-10,23H,3-6,11H2,1-2H3;1-2H3. The summed E-state index contributed by atoms with van der Waals surface area (Å²) < 4.78 is 5.93. The number of hydrogen-bond donors (Lipinski definition) is 1. The first-order chi connectivity index (χ1) is 12.6. The zero-order valence-electron chi connectivity index (χ0n) is 16.1. The molecule has 1 fully saturated rings. The Balaban J connectivity index is 0.000000948. The van der Waals surface area contributed by atoms with E-state index in [4.69, 9.17) is 4.74 Å². The van der Waals surface area contributed by atoms with Crippen LogP contribution in [0, 0.1) is 13.8 Å². The molecule has 1 saturated carbocycles. The van der Waals surface area contributed by atoms with E-state index in [1.54, 1.807) is 12.3 Å². The second-order valence-corrected chi connectivity index (χ2v) is 7.12. The molecule has 1 N–H and O–H groups in total. The van der Waals surface area contributed by atoms with E-state index in [0.717, 1.165) is 42.0 Å². The molecule has 0 amide bonds. The molecule has 138 valence electrons. The second-order valence-electron chi connectivity index (χ2n) is 7.12. The van der Waals surface area contributed by atoms with Crippen LogP contribution in [0.25, 0.3) is 11.3 Å². The van der Waals surface area contributed by atoms with Crippen LogP contribution in [0.3, 0.4) is 0 Å². The first kappa shape index (κ1) is 18.4. The van der Waals surface area contributed by atoms with Crippen molar-refractivity contribution in [3.63, 3.8) is 0 Å². The van der Waals surface area contributed by atoms with E-state index in [9.17, 15) is 9.90 Å². The van der Waals surface area contributed by atoms with Gasteiger partial charge in [-0.05, 0) is 49.9 Å². The van der Waals surface area contributed by atoms with Crippen LogP contribution in [-0.4, -0.2) is 23.0 Å². The van der Waals surface area contributed by atoms with Gasteiger partial charge < -0.3 is 9.84 Å². The predicted octanol–water partition coefficient (Wildman–Crippen LogP) is 5.11. The molecule has 2 aromatic rings. The Morgan fingerprint density at radius 3 is 2.54 bits per heavy atom. The maximum absolute atomic E-state index is 11.2. The van der Waals surface area contributed by atoms with Crippen LogP contribution in [0.1, 0.15) is 66.6 Å². The lowest BCUT2D eigenvalue weighted by atomic mass is 9.78. The highest BCUT2D eigenvalue weighted by molar-refractivity contribution is 5.86. The van der Waals surface area contributed by atoms with Crippen molar-refractivity contribution in [3.05, 3.63) is 40.6 Å². The van der Waals surface area contributed by atoms with E-state index < -0.39 is 0 Å². The highest BCUT2D eigenvalue weighted by Gasteiger charge is 2.44. The minimum absolute atomic E-state index is 0.00513. The van der Waals surface area contributed by atoms with Gasteiger partial charge in [-0.3, -0.25) is 9.78 Å². The average Bonchev–Trinajstić information content (AvgIpc) is 3.27. The molecular formula is C22H27NO3. The van der Waals surface area contributed by atoms with Gasteiger partial charge >= 0.3 is 0 Å². The number of ether oxygens (including phenoxy) is 1. The molecule has 1 aliphatic carbocycles. The van der Waals surface area contributed by atoms with Crippen LogP contribution in [-0.2, 0) is 5.41 Å². The number of phenolic OH excluding ortho intramolecular Hbond substituents is 1. The molecule has 1 aromatic carbocycles. The summed E-state index contributed by atoms with van der Waals surface area (Å²) in [4.78, 5) is 15.8. The molecule has 0 unspecified atom stereocenters. The summed E-state index contributed by atoms with van der Waals surface area (Å²) in [6, 6.07) is 3.58. The molecule has 4 nitrogen and oxygen atoms in total. The number of hydrogen-bond acceptors (Lipinski definition) is 4. The fourth-order valence-corrected chi connectivity index (χ4v) is 4.44. The third-order valence-corrected chi connectivity index (χ3v) is 5.55. The Labute approximate surface area is 155 Å². The van der Waals surface area contributed by atoms with Crippen LogP contribution in [0.4, 0.5) is 0 Å². The Bertz CT molecular complexity index is 836. The number of pyridine rings is 1. The molecule has 1 aromatic heterocycles. The Morgan fingerprint density at radius 2 is 1.88 bits per heavy atom. The maximum atomic E-state index is 11.2. The van der Waals surface area contributed by atoms with E-state index in [1.807, 2.05) is 26.8 Å². The molecule has 1 spiro atoms. The van der Waals surface area contributed by atoms with Crippen LogP contribution >= 0.6 is 0 Å². The van der Waals surface area contributed by atoms with Gasteiger partial charge in [-0.25, -0.2) is 0 Å². The second kappa shape index (κ2) is 7.10. The number of fused-ring (bicyclic) bond motifs is 2. The van der Waals surface area contributed by atoms with E-state index in [1.165, 1.54) is 18.4 Å². The lowest BCUT2D eigenvalue weighted by molar-refractivity contribution is 0.112. The molecule has 0 atom stereocenters. The zero-order chi connectivity index (χ0) is 18.9. The van der Waals surface area contributed by atoms with Gasteiger partial charge in [0.05, 0.1) is 24.1 Å². The van der Waals surface area contributed by atoms with Gasteiger partial charge in [0, 0.05) is 16.5 Å². The third-order valence-electron chi connectivity index (χ3n) is 5.55. The molecule has 0 radical (unpaired) electrons. The SMILES string of the molecule is CC.Cc1cc(C=O)c(O)c(-c2ncc3c(c2C)C2(CCCC2)CO3)c1. The lowest BCUT2D eigenvalue weighted by Gasteiger charge is -2.24. The topological polar surface area (TPSA) is 59.4 Å². The van der Waals surface area contributed by atoms with Crippen LogP contribution < -0.4 is 4.74 Å². The molecule has 2 aliphatic rings. The number of phenols is 1. The first-order valence-corrected chi connectivity index (χ1v) is 9.48. The number of rotatable bonds is 2. The molecule has 1 aliphatic heterocycles. The highest BCUT2D eigenvalue weighted by atomic mass is 16.5. The van der Waals surface area contributed by atoms with E-state index in [2.05, 4.69) is 11.9 Å². The number of aldehydes is 1. The lowest BCUT2D eigenvalue weighted by Crippen LogP contribution is -2.24. The van der Waals surface area contributed by atoms with Crippen molar-refractivity contribution in [2.75, 3.05) is 6.61 Å². The van der Waals surface area contributed by atoms with E-state index >= 15 is 0 Å². The monoisotopic (exact) mass is 353 g/mol. The van der Waals surface area contributed by atoms with E-state index in [-0.39, 0.29) is 11.2 Å². The van der Waals surface area contributed by atoms with Crippen molar-refractivity contribution in [3.8, 4) is 22.8 Å². The van der Waals surface area contributed by atoms with Gasteiger partial charge in [0.2, 0.25) is 0 Å². The number of carbonyl (C=O) groups is 1. The maximum Gasteiger partial charge on any atom is 0.153 e. The van der Waals surface area contributed by atoms with E-state index in [0.29, 0.717) is 17.4 Å². The molecule has 0 saturated heterocycles. The quantitative estimate of drug-likeness (QED) is 0.762. The number of aromatic nitrogens is 1. The zero-order valence-corrected chi connectivity index (χ0v) is 16.1. The van der Waals surface area contributed by atoms with Crippen molar-refractivity contribution in [2.45, 2.75) is 58.8 Å². The molecule has 2 heterocycles. The summed E-state index contributed by atoms with van der Waals surface area (Å²) in [5.41, 5.74) is 5.01. The first-order valence-electron chi connectivity index (χ1n) is 9.48. The van der Waals surface area contributed by atoms with Gasteiger partial charge in [0.1, 0.15) is 11.5 Å². The summed E-state index contributed by atoms with van der Waals surface area (Å²) in [6.07, 6.45) is 7.20.